The van der Waals surface area contributed by atoms with Gasteiger partial charge in [0.1, 0.15) is 0 Å². The molecular formula is C14H11Cl3N2. The molecule has 1 aromatic carbocycles. The van der Waals surface area contributed by atoms with Crippen molar-refractivity contribution >= 4 is 34.8 Å². The van der Waals surface area contributed by atoms with Gasteiger partial charge in [-0.3, -0.25) is 0 Å². The van der Waals surface area contributed by atoms with E-state index in [1.165, 1.54) is 0 Å². The summed E-state index contributed by atoms with van der Waals surface area (Å²) in [7, 11) is 0. The van der Waals surface area contributed by atoms with Crippen molar-refractivity contribution in [3.63, 3.8) is 0 Å². The molecular weight excluding hydrogens is 303 g/mol. The van der Waals surface area contributed by atoms with E-state index in [1.54, 1.807) is 24.3 Å². The maximum atomic E-state index is 8.96. The summed E-state index contributed by atoms with van der Waals surface area (Å²) < 4.78 is 0. The Morgan fingerprint density at radius 1 is 1.26 bits per heavy atom. The summed E-state index contributed by atoms with van der Waals surface area (Å²) in [4.78, 5) is -0.920. The molecule has 19 heavy (non-hydrogen) atoms. The molecule has 0 radical (unpaired) electrons. The predicted octanol–water partition coefficient (Wildman–Crippen LogP) is 4.28. The first-order valence-electron chi connectivity index (χ1n) is 5.64. The number of nitrogens with zero attached hydrogens (tertiary/aromatic N) is 1. The van der Waals surface area contributed by atoms with Gasteiger partial charge in [0.2, 0.25) is 0 Å². The quantitative estimate of drug-likeness (QED) is 0.828. The lowest BCUT2D eigenvalue weighted by Gasteiger charge is -2.35. The Hall–Kier alpha value is -1.14. The van der Waals surface area contributed by atoms with E-state index >= 15 is 0 Å². The van der Waals surface area contributed by atoms with Crippen molar-refractivity contribution in [1.82, 2.24) is 0 Å². The van der Waals surface area contributed by atoms with Gasteiger partial charge in [0.05, 0.1) is 10.9 Å². The van der Waals surface area contributed by atoms with Gasteiger partial charge in [-0.25, -0.2) is 0 Å². The number of halogens is 3. The highest BCUT2D eigenvalue weighted by Gasteiger charge is 2.40. The summed E-state index contributed by atoms with van der Waals surface area (Å²) >= 11 is 18.8. The van der Waals surface area contributed by atoms with Gasteiger partial charge in [0.15, 0.2) is 0 Å². The Bertz CT molecular complexity index is 584. The standard InChI is InChI=1S/C14H11Cl3N2/c15-10-3-1-9(2-4-10)14(17)8-11(19)7-13(16)12(14)5-6-18/h1-4,7-8,12H,5,19H2. The molecule has 2 unspecified atom stereocenters. The van der Waals surface area contributed by atoms with Crippen LogP contribution >= 0.6 is 34.8 Å². The highest BCUT2D eigenvalue weighted by molar-refractivity contribution is 6.33. The maximum Gasteiger partial charge on any atom is 0.0984 e. The van der Waals surface area contributed by atoms with Crippen molar-refractivity contribution in [2.24, 2.45) is 11.7 Å². The lowest BCUT2D eigenvalue weighted by Crippen LogP contribution is -2.31. The summed E-state index contributed by atoms with van der Waals surface area (Å²) in [6.07, 6.45) is 3.58. The molecule has 2 N–H and O–H groups in total. The van der Waals surface area contributed by atoms with E-state index in [0.717, 1.165) is 5.56 Å². The minimum atomic E-state index is -0.920. The number of nitriles is 1. The molecule has 98 valence electrons. The minimum absolute atomic E-state index is 0.214. The van der Waals surface area contributed by atoms with Gasteiger partial charge in [0.25, 0.3) is 0 Å². The van der Waals surface area contributed by atoms with E-state index in [0.29, 0.717) is 15.8 Å². The number of alkyl halides is 1. The van der Waals surface area contributed by atoms with E-state index in [4.69, 9.17) is 45.8 Å². The zero-order valence-electron chi connectivity index (χ0n) is 9.91. The first-order chi connectivity index (χ1) is 8.97. The van der Waals surface area contributed by atoms with Crippen molar-refractivity contribution in [2.75, 3.05) is 0 Å². The third-order valence-electron chi connectivity index (χ3n) is 3.10. The van der Waals surface area contributed by atoms with Gasteiger partial charge < -0.3 is 5.73 Å². The molecule has 0 aromatic heterocycles. The van der Waals surface area contributed by atoms with Gasteiger partial charge in [-0.15, -0.1) is 11.6 Å². The van der Waals surface area contributed by atoms with Crippen LogP contribution in [0, 0.1) is 17.2 Å². The molecule has 0 heterocycles. The van der Waals surface area contributed by atoms with Crippen molar-refractivity contribution in [3.8, 4) is 6.07 Å². The number of rotatable bonds is 2. The monoisotopic (exact) mass is 312 g/mol. The van der Waals surface area contributed by atoms with E-state index in [1.807, 2.05) is 12.1 Å². The van der Waals surface area contributed by atoms with Gasteiger partial charge in [0, 0.05) is 28.1 Å². The van der Waals surface area contributed by atoms with E-state index in [2.05, 4.69) is 6.07 Å². The second-order valence-corrected chi connectivity index (χ2v) is 5.86. The molecule has 2 nitrogen and oxygen atoms in total. The minimum Gasteiger partial charge on any atom is -0.399 e. The fourth-order valence-electron chi connectivity index (χ4n) is 2.17. The van der Waals surface area contributed by atoms with Crippen LogP contribution in [0.25, 0.3) is 0 Å². The van der Waals surface area contributed by atoms with Crippen molar-refractivity contribution < 1.29 is 0 Å². The van der Waals surface area contributed by atoms with Crippen LogP contribution in [-0.2, 0) is 4.87 Å². The summed E-state index contributed by atoms with van der Waals surface area (Å²) in [5, 5.41) is 10.1. The molecule has 0 saturated heterocycles. The Kier molecular flexibility index (Phi) is 4.10. The smallest absolute Gasteiger partial charge is 0.0984 e. The SMILES string of the molecule is N#CCC1C(Cl)=CC(N)=CC1(Cl)c1ccc(Cl)cc1. The van der Waals surface area contributed by atoms with Gasteiger partial charge in [-0.1, -0.05) is 35.3 Å². The summed E-state index contributed by atoms with van der Waals surface area (Å²) in [6, 6.07) is 9.25. The summed E-state index contributed by atoms with van der Waals surface area (Å²) in [5.41, 5.74) is 7.14. The first kappa shape index (κ1) is 14.3. The number of allylic oxidation sites excluding steroid dienone is 3. The number of nitrogens with two attached hydrogens (primary N) is 1. The van der Waals surface area contributed by atoms with Crippen molar-refractivity contribution in [1.29, 1.82) is 5.26 Å². The molecule has 0 saturated carbocycles. The maximum absolute atomic E-state index is 8.96. The average Bonchev–Trinajstić information content (AvgIpc) is 2.34. The Labute approximate surface area is 127 Å². The summed E-state index contributed by atoms with van der Waals surface area (Å²) in [6.45, 7) is 0. The van der Waals surface area contributed by atoms with E-state index < -0.39 is 4.87 Å². The lowest BCUT2D eigenvalue weighted by atomic mass is 9.79. The molecule has 1 aliphatic carbocycles. The van der Waals surface area contributed by atoms with Crippen LogP contribution in [0.3, 0.4) is 0 Å². The van der Waals surface area contributed by atoms with Gasteiger partial charge in [-0.2, -0.15) is 5.26 Å². The van der Waals surface area contributed by atoms with Crippen LogP contribution in [0.15, 0.2) is 47.1 Å². The van der Waals surface area contributed by atoms with E-state index in [9.17, 15) is 0 Å². The number of hydrogen-bond donors (Lipinski definition) is 1. The highest BCUT2D eigenvalue weighted by atomic mass is 35.5. The van der Waals surface area contributed by atoms with Crippen LogP contribution in [0.4, 0.5) is 0 Å². The van der Waals surface area contributed by atoms with Crippen molar-refractivity contribution in [3.05, 3.63) is 57.7 Å². The number of hydrogen-bond acceptors (Lipinski definition) is 2. The highest BCUT2D eigenvalue weighted by Crippen LogP contribution is 2.47. The molecule has 0 aliphatic heterocycles. The topological polar surface area (TPSA) is 49.8 Å². The number of benzene rings is 1. The Morgan fingerprint density at radius 3 is 2.47 bits per heavy atom. The molecule has 1 aromatic rings. The largest absolute Gasteiger partial charge is 0.399 e. The Balaban J connectivity index is 2.52. The van der Waals surface area contributed by atoms with Crippen LogP contribution in [0.5, 0.6) is 0 Å². The Morgan fingerprint density at radius 2 is 1.89 bits per heavy atom. The van der Waals surface area contributed by atoms with Crippen LogP contribution in [0.2, 0.25) is 5.02 Å². The molecule has 0 spiro atoms. The molecule has 0 bridgehead atoms. The predicted molar refractivity (Wildman–Crippen MR) is 78.9 cm³/mol. The zero-order chi connectivity index (χ0) is 14.0. The van der Waals surface area contributed by atoms with E-state index in [-0.39, 0.29) is 12.3 Å². The normalized spacial score (nSPS) is 26.3. The third kappa shape index (κ3) is 2.74. The van der Waals surface area contributed by atoms with Crippen LogP contribution in [0.1, 0.15) is 12.0 Å². The second kappa shape index (κ2) is 5.46. The summed E-state index contributed by atoms with van der Waals surface area (Å²) in [5.74, 6) is -0.325. The average molecular weight is 314 g/mol. The van der Waals surface area contributed by atoms with Gasteiger partial charge >= 0.3 is 0 Å². The van der Waals surface area contributed by atoms with Gasteiger partial charge in [-0.05, 0) is 29.8 Å². The molecule has 5 heteroatoms. The van der Waals surface area contributed by atoms with Crippen molar-refractivity contribution in [2.45, 2.75) is 11.3 Å². The lowest BCUT2D eigenvalue weighted by molar-refractivity contribution is 0.520. The molecule has 2 atom stereocenters. The molecule has 0 amide bonds. The third-order valence-corrected chi connectivity index (χ3v) is 4.32. The molecule has 2 rings (SSSR count). The van der Waals surface area contributed by atoms with Crippen LogP contribution in [-0.4, -0.2) is 0 Å². The zero-order valence-corrected chi connectivity index (χ0v) is 12.2. The molecule has 0 fully saturated rings. The second-order valence-electron chi connectivity index (χ2n) is 4.36. The van der Waals surface area contributed by atoms with Crippen LogP contribution < -0.4 is 5.73 Å². The molecule has 1 aliphatic rings. The fraction of sp³-hybridized carbons (Fsp3) is 0.214. The fourth-order valence-corrected chi connectivity index (χ4v) is 3.18. The first-order valence-corrected chi connectivity index (χ1v) is 6.78.